The van der Waals surface area contributed by atoms with Crippen LogP contribution in [0.2, 0.25) is 0 Å². The van der Waals surface area contributed by atoms with E-state index in [1.165, 1.54) is 36.3 Å². The second-order valence-corrected chi connectivity index (χ2v) is 6.85. The second kappa shape index (κ2) is 5.76. The van der Waals surface area contributed by atoms with E-state index in [9.17, 15) is 14.9 Å². The zero-order valence-electron chi connectivity index (χ0n) is 10.1. The number of aryl methyl sites for hydroxylation is 1. The van der Waals surface area contributed by atoms with E-state index >= 15 is 0 Å². The Morgan fingerprint density at radius 2 is 2.32 bits per heavy atom. The zero-order chi connectivity index (χ0) is 14.0. The van der Waals surface area contributed by atoms with Gasteiger partial charge in [-0.1, -0.05) is 6.92 Å². The Hall–Kier alpha value is -1.32. The van der Waals surface area contributed by atoms with Crippen LogP contribution >= 0.6 is 34.6 Å². The molecule has 0 spiro atoms. The molecule has 9 heteroatoms. The van der Waals surface area contributed by atoms with Crippen molar-refractivity contribution in [3.05, 3.63) is 26.9 Å². The Bertz CT molecular complexity index is 635. The minimum Gasteiger partial charge on any atom is -0.294 e. The molecule has 0 aliphatic heterocycles. The van der Waals surface area contributed by atoms with Gasteiger partial charge in [0, 0.05) is 12.5 Å². The van der Waals surface area contributed by atoms with E-state index in [4.69, 9.17) is 0 Å². The van der Waals surface area contributed by atoms with Gasteiger partial charge in [0.2, 0.25) is 0 Å². The molecule has 2 heterocycles. The number of thiophene rings is 1. The first-order valence-corrected chi connectivity index (χ1v) is 7.71. The molecule has 19 heavy (non-hydrogen) atoms. The first-order valence-electron chi connectivity index (χ1n) is 5.30. The Kier molecular flexibility index (Phi) is 4.27. The Morgan fingerprint density at radius 3 is 2.84 bits per heavy atom. The van der Waals surface area contributed by atoms with Crippen LogP contribution < -0.4 is 0 Å². The van der Waals surface area contributed by atoms with Crippen LogP contribution in [0.15, 0.2) is 14.6 Å². The molecule has 0 radical (unpaired) electrons. The Morgan fingerprint density at radius 1 is 1.58 bits per heavy atom. The van der Waals surface area contributed by atoms with Crippen molar-refractivity contribution in [2.75, 3.05) is 0 Å². The van der Waals surface area contributed by atoms with E-state index in [0.717, 1.165) is 23.6 Å². The van der Waals surface area contributed by atoms with Crippen molar-refractivity contribution in [2.24, 2.45) is 0 Å². The second-order valence-electron chi connectivity index (χ2n) is 3.53. The lowest BCUT2D eigenvalue weighted by molar-refractivity contribution is -0.387. The molecular formula is C10H9N3O3S3. The largest absolute Gasteiger partial charge is 0.294 e. The maximum Gasteiger partial charge on any atom is 0.294 e. The fourth-order valence-corrected chi connectivity index (χ4v) is 4.38. The van der Waals surface area contributed by atoms with Gasteiger partial charge in [-0.15, -0.1) is 11.3 Å². The molecule has 0 atom stereocenters. The van der Waals surface area contributed by atoms with Gasteiger partial charge in [0.1, 0.15) is 10.0 Å². The summed E-state index contributed by atoms with van der Waals surface area (Å²) in [5, 5.41) is 11.0. The van der Waals surface area contributed by atoms with Gasteiger partial charge in [0.05, 0.1) is 9.80 Å². The quantitative estimate of drug-likeness (QED) is 0.477. The highest BCUT2D eigenvalue weighted by Crippen LogP contribution is 2.41. The number of carbonyl (C=O) groups is 1. The molecule has 2 rings (SSSR count). The highest BCUT2D eigenvalue weighted by Gasteiger charge is 2.22. The van der Waals surface area contributed by atoms with Crippen molar-refractivity contribution < 1.29 is 9.72 Å². The third kappa shape index (κ3) is 3.17. The van der Waals surface area contributed by atoms with Crippen LogP contribution in [0.3, 0.4) is 0 Å². The number of carbonyl (C=O) groups excluding carboxylic acids is 1. The van der Waals surface area contributed by atoms with Gasteiger partial charge in [-0.3, -0.25) is 14.9 Å². The molecule has 6 nitrogen and oxygen atoms in total. The van der Waals surface area contributed by atoms with E-state index in [1.54, 1.807) is 0 Å². The molecule has 2 aromatic heterocycles. The number of hydrogen-bond acceptors (Lipinski definition) is 8. The maximum absolute atomic E-state index is 11.3. The summed E-state index contributed by atoms with van der Waals surface area (Å²) in [6.45, 7) is 3.34. The van der Waals surface area contributed by atoms with Crippen LogP contribution in [0.5, 0.6) is 0 Å². The average molecular weight is 315 g/mol. The third-order valence-electron chi connectivity index (χ3n) is 2.17. The van der Waals surface area contributed by atoms with Gasteiger partial charge in [-0.05, 0) is 30.2 Å². The first-order chi connectivity index (χ1) is 9.01. The lowest BCUT2D eigenvalue weighted by atomic mass is 10.3. The number of hydrogen-bond donors (Lipinski definition) is 0. The summed E-state index contributed by atoms with van der Waals surface area (Å²) in [6.07, 6.45) is 0.724. The van der Waals surface area contributed by atoms with Crippen LogP contribution in [0.25, 0.3) is 0 Å². The van der Waals surface area contributed by atoms with Crippen molar-refractivity contribution in [1.29, 1.82) is 0 Å². The minimum absolute atomic E-state index is 0.0477. The zero-order valence-corrected chi connectivity index (χ0v) is 12.5. The fraction of sp³-hybridized carbons (Fsp3) is 0.300. The molecule has 100 valence electrons. The molecule has 0 fully saturated rings. The minimum atomic E-state index is -0.479. The standard InChI is InChI=1S/C10H9N3O3S3/c1-3-8-11-10(19-12-8)18-9-6(13(15)16)4-7(17-9)5(2)14/h4H,3H2,1-2H3. The predicted octanol–water partition coefficient (Wildman–Crippen LogP) is 3.42. The highest BCUT2D eigenvalue weighted by atomic mass is 32.2. The molecule has 0 bridgehead atoms. The summed E-state index contributed by atoms with van der Waals surface area (Å²) < 4.78 is 5.24. The molecule has 0 N–H and O–H groups in total. The van der Waals surface area contributed by atoms with Gasteiger partial charge in [-0.25, -0.2) is 4.98 Å². The van der Waals surface area contributed by atoms with Gasteiger partial charge in [-0.2, -0.15) is 4.37 Å². The topological polar surface area (TPSA) is 86.0 Å². The summed E-state index contributed by atoms with van der Waals surface area (Å²) in [5.74, 6) is 0.546. The third-order valence-corrected chi connectivity index (χ3v) is 5.37. The summed E-state index contributed by atoms with van der Waals surface area (Å²) in [7, 11) is 0. The molecule has 0 aliphatic carbocycles. The van der Waals surface area contributed by atoms with Crippen molar-refractivity contribution in [3.8, 4) is 0 Å². The number of nitrogens with zero attached hydrogens (tertiary/aromatic N) is 3. The molecule has 0 saturated carbocycles. The van der Waals surface area contributed by atoms with Gasteiger partial charge < -0.3 is 0 Å². The number of Topliss-reactive ketones (excluding diaryl/α,β-unsaturated/α-hetero) is 1. The molecule has 0 aliphatic rings. The average Bonchev–Trinajstić information content (AvgIpc) is 2.96. The lowest BCUT2D eigenvalue weighted by Gasteiger charge is -1.91. The van der Waals surface area contributed by atoms with Gasteiger partial charge in [0.25, 0.3) is 5.69 Å². The SMILES string of the molecule is CCc1nsc(Sc2sc(C(C)=O)cc2[N+](=O)[O-])n1. The Balaban J connectivity index is 2.32. The highest BCUT2D eigenvalue weighted by molar-refractivity contribution is 8.02. The summed E-state index contributed by atoms with van der Waals surface area (Å²) in [6, 6.07) is 1.32. The van der Waals surface area contributed by atoms with E-state index in [1.807, 2.05) is 6.92 Å². The number of aromatic nitrogens is 2. The van der Waals surface area contributed by atoms with E-state index in [-0.39, 0.29) is 11.5 Å². The molecule has 0 amide bonds. The molecule has 0 aromatic carbocycles. The molecule has 2 aromatic rings. The van der Waals surface area contributed by atoms with Crippen molar-refractivity contribution >= 4 is 46.1 Å². The maximum atomic E-state index is 11.3. The predicted molar refractivity (Wildman–Crippen MR) is 74.4 cm³/mol. The first kappa shape index (κ1) is 14.1. The van der Waals surface area contributed by atoms with Gasteiger partial charge >= 0.3 is 0 Å². The van der Waals surface area contributed by atoms with Crippen LogP contribution in [-0.2, 0) is 6.42 Å². The number of rotatable bonds is 5. The van der Waals surface area contributed by atoms with Crippen molar-refractivity contribution in [2.45, 2.75) is 28.8 Å². The number of ketones is 1. The van der Waals surface area contributed by atoms with Gasteiger partial charge in [0.15, 0.2) is 10.1 Å². The van der Waals surface area contributed by atoms with E-state index < -0.39 is 4.92 Å². The summed E-state index contributed by atoms with van der Waals surface area (Å²) in [5.41, 5.74) is -0.0477. The van der Waals surface area contributed by atoms with Crippen LogP contribution in [0.4, 0.5) is 5.69 Å². The Labute approximate surface area is 121 Å². The smallest absolute Gasteiger partial charge is 0.294 e. The number of nitro groups is 1. The molecular weight excluding hydrogens is 306 g/mol. The van der Waals surface area contributed by atoms with Crippen molar-refractivity contribution in [3.63, 3.8) is 0 Å². The van der Waals surface area contributed by atoms with Crippen LogP contribution in [-0.4, -0.2) is 20.1 Å². The summed E-state index contributed by atoms with van der Waals surface area (Å²) in [4.78, 5) is 26.4. The molecule has 0 saturated heterocycles. The van der Waals surface area contributed by atoms with Crippen molar-refractivity contribution in [1.82, 2.24) is 9.36 Å². The summed E-state index contributed by atoms with van der Waals surface area (Å²) >= 11 is 3.51. The molecule has 0 unspecified atom stereocenters. The monoisotopic (exact) mass is 315 g/mol. The lowest BCUT2D eigenvalue weighted by Crippen LogP contribution is -1.87. The van der Waals surface area contributed by atoms with Crippen LogP contribution in [0, 0.1) is 10.1 Å². The fourth-order valence-electron chi connectivity index (χ4n) is 1.24. The van der Waals surface area contributed by atoms with E-state index in [2.05, 4.69) is 9.36 Å². The van der Waals surface area contributed by atoms with Crippen LogP contribution in [0.1, 0.15) is 29.3 Å². The normalized spacial score (nSPS) is 10.6. The van der Waals surface area contributed by atoms with E-state index in [0.29, 0.717) is 13.4 Å².